The van der Waals surface area contributed by atoms with Crippen LogP contribution >= 0.6 is 0 Å². The van der Waals surface area contributed by atoms with Crippen LogP contribution in [-0.4, -0.2) is 45.8 Å². The lowest BCUT2D eigenvalue weighted by Crippen LogP contribution is -2.45. The smallest absolute Gasteiger partial charge is 0.223 e. The fourth-order valence-corrected chi connectivity index (χ4v) is 3.29. The molecule has 0 spiro atoms. The minimum atomic E-state index is 0.190. The quantitative estimate of drug-likeness (QED) is 0.494. The van der Waals surface area contributed by atoms with Crippen LogP contribution in [0.25, 0.3) is 0 Å². The summed E-state index contributed by atoms with van der Waals surface area (Å²) in [6.07, 6.45) is 5.43. The van der Waals surface area contributed by atoms with Crippen molar-refractivity contribution in [3.05, 3.63) is 0 Å². The molecular formula is C21H42N2O2. The minimum Gasteiger partial charge on any atom is -0.337 e. The van der Waals surface area contributed by atoms with E-state index in [4.69, 9.17) is 0 Å². The van der Waals surface area contributed by atoms with Gasteiger partial charge in [0.05, 0.1) is 0 Å². The van der Waals surface area contributed by atoms with Gasteiger partial charge in [-0.25, -0.2) is 0 Å². The topological polar surface area (TPSA) is 40.6 Å². The van der Waals surface area contributed by atoms with Crippen LogP contribution in [-0.2, 0) is 9.59 Å². The van der Waals surface area contributed by atoms with Crippen LogP contribution in [0, 0.1) is 0 Å². The monoisotopic (exact) mass is 354 g/mol. The highest BCUT2D eigenvalue weighted by atomic mass is 16.2. The van der Waals surface area contributed by atoms with Gasteiger partial charge in [0.15, 0.2) is 0 Å². The number of amides is 2. The number of nitrogens with zero attached hydrogens (tertiary/aromatic N) is 2. The van der Waals surface area contributed by atoms with Gasteiger partial charge in [-0.2, -0.15) is 0 Å². The van der Waals surface area contributed by atoms with Crippen molar-refractivity contribution in [2.24, 2.45) is 0 Å². The summed E-state index contributed by atoms with van der Waals surface area (Å²) in [5, 5.41) is 0. The van der Waals surface area contributed by atoms with Crippen molar-refractivity contribution in [1.29, 1.82) is 0 Å². The third-order valence-corrected chi connectivity index (χ3v) is 5.62. The van der Waals surface area contributed by atoms with Crippen molar-refractivity contribution in [1.82, 2.24) is 9.80 Å². The molecule has 0 N–H and O–H groups in total. The first-order valence-electron chi connectivity index (χ1n) is 10.4. The Kier molecular flexibility index (Phi) is 11.8. The van der Waals surface area contributed by atoms with E-state index in [1.165, 1.54) is 0 Å². The molecule has 0 aliphatic heterocycles. The molecule has 0 aliphatic rings. The third kappa shape index (κ3) is 7.37. The van der Waals surface area contributed by atoms with Crippen molar-refractivity contribution >= 4 is 11.8 Å². The van der Waals surface area contributed by atoms with Crippen LogP contribution in [0.4, 0.5) is 0 Å². The van der Waals surface area contributed by atoms with Crippen LogP contribution in [0.5, 0.6) is 0 Å². The van der Waals surface area contributed by atoms with Crippen LogP contribution < -0.4 is 0 Å². The van der Waals surface area contributed by atoms with Crippen LogP contribution in [0.2, 0.25) is 0 Å². The minimum absolute atomic E-state index is 0.190. The maximum atomic E-state index is 12.7. The fourth-order valence-electron chi connectivity index (χ4n) is 3.29. The zero-order chi connectivity index (χ0) is 19.6. The van der Waals surface area contributed by atoms with Crippen LogP contribution in [0.1, 0.15) is 100 Å². The summed E-state index contributed by atoms with van der Waals surface area (Å²) >= 11 is 0. The third-order valence-electron chi connectivity index (χ3n) is 5.62. The molecule has 4 nitrogen and oxygen atoms in total. The maximum Gasteiger partial charge on any atom is 0.223 e. The second-order valence-corrected chi connectivity index (χ2v) is 7.48. The van der Waals surface area contributed by atoms with E-state index in [0.29, 0.717) is 19.3 Å². The zero-order valence-corrected chi connectivity index (χ0v) is 18.0. The van der Waals surface area contributed by atoms with E-state index < -0.39 is 0 Å². The van der Waals surface area contributed by atoms with E-state index in [-0.39, 0.29) is 36.0 Å². The SMILES string of the molecule is CC[C@@H](C)N(C(=O)CCCC(=O)N([C@@H](C)CC)[C@@H](C)CC)[C@H](C)CC. The number of carbonyl (C=O) groups is 2. The summed E-state index contributed by atoms with van der Waals surface area (Å²) in [4.78, 5) is 29.4. The largest absolute Gasteiger partial charge is 0.337 e. The van der Waals surface area contributed by atoms with Gasteiger partial charge in [0, 0.05) is 37.0 Å². The zero-order valence-electron chi connectivity index (χ0n) is 18.0. The summed E-state index contributed by atoms with van der Waals surface area (Å²) in [7, 11) is 0. The molecule has 4 atom stereocenters. The second-order valence-electron chi connectivity index (χ2n) is 7.48. The van der Waals surface area contributed by atoms with Gasteiger partial charge in [0.25, 0.3) is 0 Å². The summed E-state index contributed by atoms with van der Waals surface area (Å²) in [5.74, 6) is 0.380. The lowest BCUT2D eigenvalue weighted by Gasteiger charge is -2.35. The molecule has 0 aromatic carbocycles. The van der Waals surface area contributed by atoms with Gasteiger partial charge in [-0.05, 0) is 59.8 Å². The average Bonchev–Trinajstić information content (AvgIpc) is 2.60. The predicted octanol–water partition coefficient (Wildman–Crippen LogP) is 5.01. The van der Waals surface area contributed by atoms with Gasteiger partial charge in [-0.15, -0.1) is 0 Å². The average molecular weight is 355 g/mol. The molecule has 25 heavy (non-hydrogen) atoms. The first-order valence-corrected chi connectivity index (χ1v) is 10.4. The van der Waals surface area contributed by atoms with Crippen molar-refractivity contribution in [3.63, 3.8) is 0 Å². The normalized spacial score (nSPS) is 16.0. The number of hydrogen-bond donors (Lipinski definition) is 0. The van der Waals surface area contributed by atoms with Gasteiger partial charge in [0.1, 0.15) is 0 Å². The maximum absolute atomic E-state index is 12.7. The van der Waals surface area contributed by atoms with Crippen molar-refractivity contribution in [2.75, 3.05) is 0 Å². The molecule has 2 amide bonds. The number of hydrogen-bond acceptors (Lipinski definition) is 2. The standard InChI is InChI=1S/C21H42N2O2/c1-9-16(5)22(17(6)10-2)20(24)14-13-15-21(25)23(18(7)11-3)19(8)12-4/h16-19H,9-15H2,1-8H3/t16-,17-,18+,19+. The predicted molar refractivity (Wildman–Crippen MR) is 107 cm³/mol. The summed E-state index contributed by atoms with van der Waals surface area (Å²) in [6, 6.07) is 1.04. The van der Waals surface area contributed by atoms with E-state index in [1.807, 2.05) is 9.80 Å². The fraction of sp³-hybridized carbons (Fsp3) is 0.905. The highest BCUT2D eigenvalue weighted by Gasteiger charge is 2.25. The molecule has 0 saturated carbocycles. The van der Waals surface area contributed by atoms with Gasteiger partial charge in [-0.3, -0.25) is 9.59 Å². The molecule has 0 radical (unpaired) electrons. The Morgan fingerprint density at radius 3 is 1.04 bits per heavy atom. The summed E-state index contributed by atoms with van der Waals surface area (Å²) < 4.78 is 0. The Labute approximate surface area is 156 Å². The Hall–Kier alpha value is -1.06. The molecule has 0 fully saturated rings. The molecule has 0 aromatic rings. The van der Waals surface area contributed by atoms with E-state index in [1.54, 1.807) is 0 Å². The van der Waals surface area contributed by atoms with Crippen molar-refractivity contribution in [3.8, 4) is 0 Å². The highest BCUT2D eigenvalue weighted by Crippen LogP contribution is 2.17. The first kappa shape index (κ1) is 23.9. The Balaban J connectivity index is 4.74. The summed E-state index contributed by atoms with van der Waals surface area (Å²) in [5.41, 5.74) is 0. The Bertz CT molecular complexity index is 341. The van der Waals surface area contributed by atoms with Crippen molar-refractivity contribution < 1.29 is 9.59 Å². The molecule has 0 rings (SSSR count). The van der Waals surface area contributed by atoms with Crippen LogP contribution in [0.3, 0.4) is 0 Å². The molecule has 148 valence electrons. The van der Waals surface area contributed by atoms with Gasteiger partial charge in [0.2, 0.25) is 11.8 Å². The van der Waals surface area contributed by atoms with E-state index in [9.17, 15) is 9.59 Å². The van der Waals surface area contributed by atoms with Gasteiger partial charge >= 0.3 is 0 Å². The second kappa shape index (κ2) is 12.3. The van der Waals surface area contributed by atoms with Crippen LogP contribution in [0.15, 0.2) is 0 Å². The molecule has 0 aromatic heterocycles. The lowest BCUT2D eigenvalue weighted by atomic mass is 10.1. The first-order chi connectivity index (χ1) is 11.7. The number of rotatable bonds is 12. The molecule has 0 aliphatic carbocycles. The molecule has 0 heterocycles. The van der Waals surface area contributed by atoms with Gasteiger partial charge < -0.3 is 9.80 Å². The summed E-state index contributed by atoms with van der Waals surface area (Å²) in [6.45, 7) is 16.9. The molecule has 0 bridgehead atoms. The molecule has 0 saturated heterocycles. The Morgan fingerprint density at radius 2 is 0.840 bits per heavy atom. The van der Waals surface area contributed by atoms with E-state index >= 15 is 0 Å². The highest BCUT2D eigenvalue weighted by molar-refractivity contribution is 5.79. The molecular weight excluding hydrogens is 312 g/mol. The number of carbonyl (C=O) groups excluding carboxylic acids is 2. The van der Waals surface area contributed by atoms with Crippen molar-refractivity contribution in [2.45, 2.75) is 125 Å². The van der Waals surface area contributed by atoms with E-state index in [2.05, 4.69) is 55.4 Å². The molecule has 4 heteroatoms. The Morgan fingerprint density at radius 1 is 0.600 bits per heavy atom. The molecule has 0 unspecified atom stereocenters. The van der Waals surface area contributed by atoms with E-state index in [0.717, 1.165) is 25.7 Å². The van der Waals surface area contributed by atoms with Gasteiger partial charge in [-0.1, -0.05) is 27.7 Å². The lowest BCUT2D eigenvalue weighted by molar-refractivity contribution is -0.137.